The van der Waals surface area contributed by atoms with E-state index in [1.807, 2.05) is 13.0 Å². The molecule has 0 aromatic heterocycles. The second kappa shape index (κ2) is 5.21. The van der Waals surface area contributed by atoms with Crippen LogP contribution in [0.15, 0.2) is 18.2 Å². The molecule has 0 unspecified atom stereocenters. The summed E-state index contributed by atoms with van der Waals surface area (Å²) >= 11 is 0. The van der Waals surface area contributed by atoms with Gasteiger partial charge in [0.25, 0.3) is 0 Å². The Bertz CT molecular complexity index is 406. The predicted molar refractivity (Wildman–Crippen MR) is 65.7 cm³/mol. The molecule has 92 valence electrons. The molecule has 0 aliphatic heterocycles. The van der Waals surface area contributed by atoms with E-state index >= 15 is 0 Å². The van der Waals surface area contributed by atoms with Crippen LogP contribution in [0.3, 0.4) is 0 Å². The van der Waals surface area contributed by atoms with Gasteiger partial charge in [-0.15, -0.1) is 0 Å². The molecule has 17 heavy (non-hydrogen) atoms. The van der Waals surface area contributed by atoms with Crippen molar-refractivity contribution in [3.63, 3.8) is 0 Å². The van der Waals surface area contributed by atoms with E-state index < -0.39 is 6.16 Å². The summed E-state index contributed by atoms with van der Waals surface area (Å²) in [7, 11) is 0. The van der Waals surface area contributed by atoms with E-state index in [9.17, 15) is 4.79 Å². The summed E-state index contributed by atoms with van der Waals surface area (Å²) in [4.78, 5) is 10.7. The Morgan fingerprint density at radius 1 is 1.29 bits per heavy atom. The van der Waals surface area contributed by atoms with E-state index in [-0.39, 0.29) is 0 Å². The molecule has 0 amide bonds. The molecule has 3 heteroatoms. The number of hydrogen-bond acceptors (Lipinski definition) is 2. The van der Waals surface area contributed by atoms with Crippen LogP contribution in [-0.2, 0) is 0 Å². The van der Waals surface area contributed by atoms with E-state index in [1.54, 1.807) is 6.07 Å². The Morgan fingerprint density at radius 3 is 2.65 bits per heavy atom. The van der Waals surface area contributed by atoms with Gasteiger partial charge in [0.1, 0.15) is 5.75 Å². The molecule has 2 rings (SSSR count). The molecule has 1 N–H and O–H groups in total. The highest BCUT2D eigenvalue weighted by Crippen LogP contribution is 2.37. The van der Waals surface area contributed by atoms with Gasteiger partial charge in [-0.05, 0) is 37.3 Å². The fourth-order valence-electron chi connectivity index (χ4n) is 2.59. The quantitative estimate of drug-likeness (QED) is 0.619. The lowest BCUT2D eigenvalue weighted by molar-refractivity contribution is 0.143. The van der Waals surface area contributed by atoms with Gasteiger partial charge in [0.15, 0.2) is 0 Å². The Labute approximate surface area is 101 Å². The molecule has 1 aliphatic rings. The third-order valence-corrected chi connectivity index (χ3v) is 3.41. The van der Waals surface area contributed by atoms with Crippen LogP contribution in [0.5, 0.6) is 5.75 Å². The minimum atomic E-state index is -1.23. The fourth-order valence-corrected chi connectivity index (χ4v) is 2.59. The second-order valence-corrected chi connectivity index (χ2v) is 4.74. The number of benzene rings is 1. The van der Waals surface area contributed by atoms with Crippen LogP contribution in [0.4, 0.5) is 4.79 Å². The van der Waals surface area contributed by atoms with Crippen molar-refractivity contribution >= 4 is 6.16 Å². The summed E-state index contributed by atoms with van der Waals surface area (Å²) in [6, 6.07) is 5.73. The van der Waals surface area contributed by atoms with Crippen molar-refractivity contribution < 1.29 is 14.6 Å². The van der Waals surface area contributed by atoms with Crippen molar-refractivity contribution in [2.45, 2.75) is 44.9 Å². The minimum Gasteiger partial charge on any atom is -0.449 e. The molecule has 3 nitrogen and oxygen atoms in total. The van der Waals surface area contributed by atoms with Crippen molar-refractivity contribution in [1.82, 2.24) is 0 Å². The number of rotatable bonds is 2. The monoisotopic (exact) mass is 234 g/mol. The van der Waals surface area contributed by atoms with Crippen molar-refractivity contribution in [3.05, 3.63) is 29.3 Å². The molecule has 0 saturated heterocycles. The van der Waals surface area contributed by atoms with Crippen LogP contribution in [-0.4, -0.2) is 11.3 Å². The average molecular weight is 234 g/mol. The summed E-state index contributed by atoms with van der Waals surface area (Å²) in [5.41, 5.74) is 2.22. The minimum absolute atomic E-state index is 0.456. The third kappa shape index (κ3) is 2.99. The summed E-state index contributed by atoms with van der Waals surface area (Å²) in [6.07, 6.45) is 4.79. The molecule has 0 bridgehead atoms. The summed E-state index contributed by atoms with van der Waals surface area (Å²) in [5, 5.41) is 8.74. The Kier molecular flexibility index (Phi) is 3.67. The Hall–Kier alpha value is -1.51. The first-order valence-corrected chi connectivity index (χ1v) is 6.18. The van der Waals surface area contributed by atoms with Crippen LogP contribution in [0.25, 0.3) is 0 Å². The van der Waals surface area contributed by atoms with E-state index in [0.29, 0.717) is 11.7 Å². The highest BCUT2D eigenvalue weighted by atomic mass is 16.7. The first-order chi connectivity index (χ1) is 8.16. The highest BCUT2D eigenvalue weighted by molar-refractivity contribution is 5.62. The molecule has 1 fully saturated rings. The van der Waals surface area contributed by atoms with Crippen LogP contribution < -0.4 is 4.74 Å². The zero-order valence-corrected chi connectivity index (χ0v) is 10.1. The smallest absolute Gasteiger partial charge is 0.449 e. The van der Waals surface area contributed by atoms with Gasteiger partial charge in [-0.1, -0.05) is 37.0 Å². The lowest BCUT2D eigenvalue weighted by Crippen LogP contribution is -2.10. The molecule has 0 spiro atoms. The maximum absolute atomic E-state index is 10.7. The molecular weight excluding hydrogens is 216 g/mol. The van der Waals surface area contributed by atoms with Crippen LogP contribution >= 0.6 is 0 Å². The zero-order chi connectivity index (χ0) is 12.3. The van der Waals surface area contributed by atoms with E-state index in [2.05, 4.69) is 6.07 Å². The van der Waals surface area contributed by atoms with Crippen LogP contribution in [0.2, 0.25) is 0 Å². The summed E-state index contributed by atoms with van der Waals surface area (Å²) < 4.78 is 4.87. The van der Waals surface area contributed by atoms with Crippen molar-refractivity contribution in [2.24, 2.45) is 0 Å². The van der Waals surface area contributed by atoms with Crippen molar-refractivity contribution in [1.29, 1.82) is 0 Å². The van der Waals surface area contributed by atoms with Gasteiger partial charge in [0.2, 0.25) is 0 Å². The van der Waals surface area contributed by atoms with Crippen LogP contribution in [0, 0.1) is 6.92 Å². The van der Waals surface area contributed by atoms with E-state index in [0.717, 1.165) is 24.0 Å². The molecule has 0 atom stereocenters. The topological polar surface area (TPSA) is 46.5 Å². The van der Waals surface area contributed by atoms with Gasteiger partial charge in [-0.2, -0.15) is 0 Å². The van der Waals surface area contributed by atoms with Gasteiger partial charge in [-0.3, -0.25) is 0 Å². The van der Waals surface area contributed by atoms with Gasteiger partial charge in [0.05, 0.1) is 0 Å². The van der Waals surface area contributed by atoms with E-state index in [4.69, 9.17) is 9.84 Å². The SMILES string of the molecule is Cc1ccc(OC(=O)O)c(C2CCCCC2)c1. The fraction of sp³-hybridized carbons (Fsp3) is 0.500. The van der Waals surface area contributed by atoms with Gasteiger partial charge < -0.3 is 9.84 Å². The van der Waals surface area contributed by atoms with Crippen molar-refractivity contribution in [2.75, 3.05) is 0 Å². The Balaban J connectivity index is 2.28. The number of ether oxygens (including phenoxy) is 1. The van der Waals surface area contributed by atoms with Gasteiger partial charge in [-0.25, -0.2) is 4.79 Å². The normalized spacial score (nSPS) is 16.8. The lowest BCUT2D eigenvalue weighted by atomic mass is 9.83. The van der Waals surface area contributed by atoms with Crippen molar-refractivity contribution in [3.8, 4) is 5.75 Å². The lowest BCUT2D eigenvalue weighted by Gasteiger charge is -2.23. The number of aryl methyl sites for hydroxylation is 1. The molecule has 1 aromatic carbocycles. The standard InChI is InChI=1S/C14H18O3/c1-10-7-8-13(17-14(15)16)12(9-10)11-5-3-2-4-6-11/h7-9,11H,2-6H2,1H3,(H,15,16). The van der Waals surface area contributed by atoms with Gasteiger partial charge >= 0.3 is 6.16 Å². The maximum atomic E-state index is 10.7. The molecule has 1 saturated carbocycles. The summed E-state index contributed by atoms with van der Waals surface area (Å²) in [6.45, 7) is 2.02. The first kappa shape index (κ1) is 12.0. The molecule has 1 aromatic rings. The third-order valence-electron chi connectivity index (χ3n) is 3.41. The molecule has 0 heterocycles. The predicted octanol–water partition coefficient (Wildman–Crippen LogP) is 4.10. The molecule has 0 radical (unpaired) electrons. The van der Waals surface area contributed by atoms with Crippen LogP contribution in [0.1, 0.15) is 49.1 Å². The number of carbonyl (C=O) groups is 1. The zero-order valence-electron chi connectivity index (χ0n) is 10.1. The Morgan fingerprint density at radius 2 is 2.00 bits per heavy atom. The second-order valence-electron chi connectivity index (χ2n) is 4.74. The molecule has 1 aliphatic carbocycles. The largest absolute Gasteiger partial charge is 0.511 e. The number of hydrogen-bond donors (Lipinski definition) is 1. The maximum Gasteiger partial charge on any atom is 0.511 e. The van der Waals surface area contributed by atoms with E-state index in [1.165, 1.54) is 19.3 Å². The first-order valence-electron chi connectivity index (χ1n) is 6.18. The number of carboxylic acid groups (broad SMARTS) is 1. The average Bonchev–Trinajstić information content (AvgIpc) is 2.32. The highest BCUT2D eigenvalue weighted by Gasteiger charge is 2.20. The molecular formula is C14H18O3. The summed E-state index contributed by atoms with van der Waals surface area (Å²) in [5.74, 6) is 0.966. The van der Waals surface area contributed by atoms with Gasteiger partial charge in [0, 0.05) is 0 Å².